The first-order chi connectivity index (χ1) is 9.56. The van der Waals surface area contributed by atoms with Crippen LogP contribution in [0.15, 0.2) is 24.4 Å². The van der Waals surface area contributed by atoms with E-state index in [1.807, 2.05) is 29.9 Å². The maximum Gasteiger partial charge on any atom is 0.140 e. The predicted molar refractivity (Wildman–Crippen MR) is 78.6 cm³/mol. The van der Waals surface area contributed by atoms with Crippen LogP contribution in [0.25, 0.3) is 11.4 Å². The molecule has 4 heteroatoms. The van der Waals surface area contributed by atoms with Crippen LogP contribution in [-0.2, 0) is 13.5 Å². The Labute approximate surface area is 119 Å². The zero-order valence-electron chi connectivity index (χ0n) is 12.3. The van der Waals surface area contributed by atoms with Gasteiger partial charge in [0, 0.05) is 18.8 Å². The molecule has 0 amide bonds. The maximum absolute atomic E-state index is 8.76. The van der Waals surface area contributed by atoms with E-state index in [9.17, 15) is 0 Å². The lowest BCUT2D eigenvalue weighted by molar-refractivity contribution is 0.407. The molecule has 0 aliphatic carbocycles. The van der Waals surface area contributed by atoms with Gasteiger partial charge in [-0.3, -0.25) is 0 Å². The smallest absolute Gasteiger partial charge is 0.140 e. The monoisotopic (exact) mass is 269 g/mol. The van der Waals surface area contributed by atoms with Crippen molar-refractivity contribution < 1.29 is 4.74 Å². The summed E-state index contributed by atoms with van der Waals surface area (Å²) in [5, 5.41) is 8.76. The highest BCUT2D eigenvalue weighted by molar-refractivity contribution is 5.60. The number of aryl methyl sites for hydroxylation is 1. The van der Waals surface area contributed by atoms with Gasteiger partial charge in [0.05, 0.1) is 25.3 Å². The van der Waals surface area contributed by atoms with Gasteiger partial charge >= 0.3 is 0 Å². The fraction of sp³-hybridized carbons (Fsp3) is 0.375. The number of nitriles is 1. The van der Waals surface area contributed by atoms with Gasteiger partial charge in [-0.2, -0.15) is 5.26 Å². The Morgan fingerprint density at radius 3 is 2.75 bits per heavy atom. The number of hydrogen-bond acceptors (Lipinski definition) is 3. The van der Waals surface area contributed by atoms with Crippen LogP contribution in [0, 0.1) is 11.3 Å². The van der Waals surface area contributed by atoms with Crippen molar-refractivity contribution >= 4 is 0 Å². The predicted octanol–water partition coefficient (Wildman–Crippen LogP) is 3.29. The zero-order valence-corrected chi connectivity index (χ0v) is 12.3. The molecule has 1 aromatic carbocycles. The van der Waals surface area contributed by atoms with Crippen molar-refractivity contribution in [3.8, 4) is 23.2 Å². The summed E-state index contributed by atoms with van der Waals surface area (Å²) in [6, 6.07) is 8.22. The van der Waals surface area contributed by atoms with Crippen LogP contribution < -0.4 is 4.74 Å². The summed E-state index contributed by atoms with van der Waals surface area (Å²) in [4.78, 5) is 4.53. The molecule has 1 aromatic heterocycles. The number of nitrogens with zero attached hydrogens (tertiary/aromatic N) is 3. The number of rotatable bonds is 4. The third kappa shape index (κ3) is 2.67. The van der Waals surface area contributed by atoms with Crippen LogP contribution in [0.5, 0.6) is 5.75 Å². The van der Waals surface area contributed by atoms with E-state index in [0.29, 0.717) is 12.3 Å². The Morgan fingerprint density at radius 1 is 1.40 bits per heavy atom. The van der Waals surface area contributed by atoms with Gasteiger partial charge in [0.2, 0.25) is 0 Å². The Balaban J connectivity index is 2.48. The average molecular weight is 269 g/mol. The number of methoxy groups -OCH3 is 1. The number of ether oxygens (including phenoxy) is 1. The molecular formula is C16H19N3O. The first-order valence-corrected chi connectivity index (χ1v) is 6.64. The topological polar surface area (TPSA) is 50.8 Å². The van der Waals surface area contributed by atoms with Gasteiger partial charge < -0.3 is 9.30 Å². The van der Waals surface area contributed by atoms with Crippen molar-refractivity contribution in [3.05, 3.63) is 35.7 Å². The molecule has 0 aliphatic rings. The van der Waals surface area contributed by atoms with Crippen molar-refractivity contribution in [2.24, 2.45) is 7.05 Å². The molecule has 1 heterocycles. The summed E-state index contributed by atoms with van der Waals surface area (Å²) < 4.78 is 7.36. The van der Waals surface area contributed by atoms with Gasteiger partial charge in [0.25, 0.3) is 0 Å². The van der Waals surface area contributed by atoms with E-state index in [1.54, 1.807) is 7.11 Å². The van der Waals surface area contributed by atoms with Crippen LogP contribution in [0.1, 0.15) is 31.0 Å². The number of aromatic nitrogens is 2. The van der Waals surface area contributed by atoms with Gasteiger partial charge in [-0.1, -0.05) is 13.8 Å². The minimum absolute atomic E-state index is 0.334. The second kappa shape index (κ2) is 5.79. The zero-order chi connectivity index (χ0) is 14.7. The van der Waals surface area contributed by atoms with Gasteiger partial charge in [-0.05, 0) is 29.7 Å². The standard InChI is InChI=1S/C16H19N3O/c1-11(2)14-9-12(5-6-15(14)20-4)16-18-13(7-8-17)10-19(16)3/h5-6,9-11H,7H2,1-4H3. The van der Waals surface area contributed by atoms with Crippen molar-refractivity contribution in [1.82, 2.24) is 9.55 Å². The van der Waals surface area contributed by atoms with Gasteiger partial charge in [-0.25, -0.2) is 4.98 Å². The van der Waals surface area contributed by atoms with E-state index in [2.05, 4.69) is 31.0 Å². The SMILES string of the molecule is COc1ccc(-c2nc(CC#N)cn2C)cc1C(C)C. The molecule has 0 N–H and O–H groups in total. The summed E-state index contributed by atoms with van der Waals surface area (Å²) in [6.45, 7) is 4.28. The van der Waals surface area contributed by atoms with E-state index in [-0.39, 0.29) is 0 Å². The summed E-state index contributed by atoms with van der Waals surface area (Å²) >= 11 is 0. The fourth-order valence-electron chi connectivity index (χ4n) is 2.29. The molecular weight excluding hydrogens is 250 g/mol. The van der Waals surface area contributed by atoms with Crippen LogP contribution >= 0.6 is 0 Å². The molecule has 0 radical (unpaired) electrons. The summed E-state index contributed by atoms with van der Waals surface area (Å²) in [7, 11) is 3.63. The molecule has 4 nitrogen and oxygen atoms in total. The van der Waals surface area contributed by atoms with Crippen LogP contribution in [-0.4, -0.2) is 16.7 Å². The second-order valence-corrected chi connectivity index (χ2v) is 5.11. The molecule has 104 valence electrons. The van der Waals surface area contributed by atoms with Crippen LogP contribution in [0.4, 0.5) is 0 Å². The lowest BCUT2D eigenvalue weighted by atomic mass is 9.99. The molecule has 0 saturated carbocycles. The Kier molecular flexibility index (Phi) is 4.09. The molecule has 2 rings (SSSR count). The largest absolute Gasteiger partial charge is 0.496 e. The van der Waals surface area contributed by atoms with Crippen molar-refractivity contribution in [2.45, 2.75) is 26.2 Å². The van der Waals surface area contributed by atoms with E-state index >= 15 is 0 Å². The number of benzene rings is 1. The van der Waals surface area contributed by atoms with Crippen molar-refractivity contribution in [1.29, 1.82) is 5.26 Å². The molecule has 0 atom stereocenters. The highest BCUT2D eigenvalue weighted by atomic mass is 16.5. The molecule has 0 spiro atoms. The molecule has 0 saturated heterocycles. The van der Waals surface area contributed by atoms with Gasteiger partial charge in [0.15, 0.2) is 0 Å². The van der Waals surface area contributed by atoms with E-state index < -0.39 is 0 Å². The maximum atomic E-state index is 8.76. The highest BCUT2D eigenvalue weighted by Gasteiger charge is 2.12. The average Bonchev–Trinajstić information content (AvgIpc) is 2.79. The molecule has 0 bridgehead atoms. The van der Waals surface area contributed by atoms with Gasteiger partial charge in [-0.15, -0.1) is 0 Å². The first-order valence-electron chi connectivity index (χ1n) is 6.64. The lowest BCUT2D eigenvalue weighted by Crippen LogP contribution is -1.97. The molecule has 0 unspecified atom stereocenters. The summed E-state index contributed by atoms with van der Waals surface area (Å²) in [6.07, 6.45) is 2.23. The molecule has 2 aromatic rings. The summed E-state index contributed by atoms with van der Waals surface area (Å²) in [5.74, 6) is 2.15. The normalized spacial score (nSPS) is 10.6. The fourth-order valence-corrected chi connectivity index (χ4v) is 2.29. The van der Waals surface area contributed by atoms with E-state index in [0.717, 1.165) is 28.4 Å². The van der Waals surface area contributed by atoms with Crippen LogP contribution in [0.2, 0.25) is 0 Å². The second-order valence-electron chi connectivity index (χ2n) is 5.11. The summed E-state index contributed by atoms with van der Waals surface area (Å²) in [5.41, 5.74) is 3.00. The third-order valence-electron chi connectivity index (χ3n) is 3.30. The molecule has 0 aliphatic heterocycles. The number of imidazole rings is 1. The van der Waals surface area contributed by atoms with Crippen LogP contribution in [0.3, 0.4) is 0 Å². The minimum Gasteiger partial charge on any atom is -0.496 e. The van der Waals surface area contributed by atoms with Crippen molar-refractivity contribution in [3.63, 3.8) is 0 Å². The Morgan fingerprint density at radius 2 is 2.15 bits per heavy atom. The Hall–Kier alpha value is -2.28. The van der Waals surface area contributed by atoms with E-state index in [1.165, 1.54) is 0 Å². The van der Waals surface area contributed by atoms with Gasteiger partial charge in [0.1, 0.15) is 11.6 Å². The molecule has 20 heavy (non-hydrogen) atoms. The molecule has 0 fully saturated rings. The lowest BCUT2D eigenvalue weighted by Gasteiger charge is -2.13. The number of hydrogen-bond donors (Lipinski definition) is 0. The highest BCUT2D eigenvalue weighted by Crippen LogP contribution is 2.31. The quantitative estimate of drug-likeness (QED) is 0.855. The Bertz CT molecular complexity index is 650. The third-order valence-corrected chi connectivity index (χ3v) is 3.30. The van der Waals surface area contributed by atoms with E-state index in [4.69, 9.17) is 10.00 Å². The van der Waals surface area contributed by atoms with Crippen molar-refractivity contribution in [2.75, 3.05) is 7.11 Å². The first kappa shape index (κ1) is 14.1. The minimum atomic E-state index is 0.334.